The number of anilines is 1. The Hall–Kier alpha value is -4.50. The lowest BCUT2D eigenvalue weighted by molar-refractivity contribution is -0.127. The van der Waals surface area contributed by atoms with Crippen molar-refractivity contribution in [3.8, 4) is 0 Å². The third-order valence-electron chi connectivity index (χ3n) is 7.33. The standard InChI is InChI=1S/C29H20FNO7/c1-2-37-28(36)15-10-12-18(13-11-15)31-26(34)21-22(27(31)35)29(38-23(21)16-6-5-7-17(30)14-16)24(32)19-8-3-4-9-20(19)25(29)33/h3-14,21-23H,2H2,1H3/t21-,22+,23+/m0/s1. The first kappa shape index (κ1) is 23.9. The summed E-state index contributed by atoms with van der Waals surface area (Å²) in [5.41, 5.74) is -1.43. The van der Waals surface area contributed by atoms with Crippen molar-refractivity contribution in [2.75, 3.05) is 11.5 Å². The number of rotatable bonds is 4. The van der Waals surface area contributed by atoms with Gasteiger partial charge in [0.2, 0.25) is 29.0 Å². The average molecular weight is 513 g/mol. The lowest BCUT2D eigenvalue weighted by atomic mass is 9.77. The number of fused-ring (bicyclic) bond motifs is 3. The topological polar surface area (TPSA) is 107 Å². The number of Topliss-reactive ketones (excluding diaryl/α,β-unsaturated/α-hetero) is 2. The van der Waals surface area contributed by atoms with Crippen LogP contribution in [0.5, 0.6) is 0 Å². The van der Waals surface area contributed by atoms with Crippen LogP contribution >= 0.6 is 0 Å². The van der Waals surface area contributed by atoms with Gasteiger partial charge in [-0.3, -0.25) is 19.2 Å². The van der Waals surface area contributed by atoms with Gasteiger partial charge in [0.1, 0.15) is 5.82 Å². The molecular formula is C29H20FNO7. The van der Waals surface area contributed by atoms with Crippen molar-refractivity contribution in [2.24, 2.45) is 11.8 Å². The van der Waals surface area contributed by atoms with Crippen LogP contribution in [0.25, 0.3) is 0 Å². The van der Waals surface area contributed by atoms with E-state index in [1.54, 1.807) is 19.1 Å². The molecule has 0 N–H and O–H groups in total. The second kappa shape index (κ2) is 8.53. The third-order valence-corrected chi connectivity index (χ3v) is 7.33. The molecule has 2 saturated heterocycles. The van der Waals surface area contributed by atoms with Crippen LogP contribution < -0.4 is 4.90 Å². The molecule has 9 heteroatoms. The molecule has 1 aliphatic carbocycles. The van der Waals surface area contributed by atoms with E-state index in [0.29, 0.717) is 0 Å². The fourth-order valence-corrected chi connectivity index (χ4v) is 5.72. The van der Waals surface area contributed by atoms with Gasteiger partial charge in [-0.15, -0.1) is 0 Å². The van der Waals surface area contributed by atoms with Gasteiger partial charge in [0.05, 0.1) is 35.8 Å². The van der Waals surface area contributed by atoms with Crippen LogP contribution in [-0.4, -0.2) is 41.6 Å². The molecule has 0 bridgehead atoms. The molecule has 3 aromatic rings. The Bertz CT molecular complexity index is 1510. The molecule has 8 nitrogen and oxygen atoms in total. The molecule has 0 unspecified atom stereocenters. The average Bonchev–Trinajstić information content (AvgIpc) is 3.49. The molecule has 3 aliphatic rings. The van der Waals surface area contributed by atoms with Gasteiger partial charge >= 0.3 is 5.97 Å². The summed E-state index contributed by atoms with van der Waals surface area (Å²) in [6.07, 6.45) is -1.22. The first-order valence-electron chi connectivity index (χ1n) is 12.1. The van der Waals surface area contributed by atoms with Crippen LogP contribution in [0.1, 0.15) is 49.7 Å². The van der Waals surface area contributed by atoms with Gasteiger partial charge in [0.25, 0.3) is 0 Å². The third kappa shape index (κ3) is 3.15. The number of carbonyl (C=O) groups excluding carboxylic acids is 5. The minimum atomic E-state index is -2.25. The van der Waals surface area contributed by atoms with E-state index in [-0.39, 0.29) is 34.5 Å². The number of halogens is 1. The van der Waals surface area contributed by atoms with Crippen molar-refractivity contribution in [1.29, 1.82) is 0 Å². The predicted molar refractivity (Wildman–Crippen MR) is 130 cm³/mol. The number of amides is 2. The zero-order valence-corrected chi connectivity index (χ0v) is 20.1. The molecule has 2 fully saturated rings. The number of esters is 1. The molecule has 1 spiro atoms. The Morgan fingerprint density at radius 3 is 2.18 bits per heavy atom. The molecule has 6 rings (SSSR count). The second-order valence-electron chi connectivity index (χ2n) is 9.32. The van der Waals surface area contributed by atoms with Gasteiger partial charge in [-0.05, 0) is 48.9 Å². The second-order valence-corrected chi connectivity index (χ2v) is 9.32. The van der Waals surface area contributed by atoms with Gasteiger partial charge < -0.3 is 9.47 Å². The van der Waals surface area contributed by atoms with E-state index in [2.05, 4.69) is 0 Å². The van der Waals surface area contributed by atoms with Gasteiger partial charge in [-0.2, -0.15) is 0 Å². The van der Waals surface area contributed by atoms with E-state index in [4.69, 9.17) is 9.47 Å². The predicted octanol–water partition coefficient (Wildman–Crippen LogP) is 3.70. The van der Waals surface area contributed by atoms with Crippen molar-refractivity contribution < 1.29 is 37.8 Å². The number of hydrogen-bond donors (Lipinski definition) is 0. The molecule has 3 aromatic carbocycles. The first-order valence-corrected chi connectivity index (χ1v) is 12.1. The summed E-state index contributed by atoms with van der Waals surface area (Å²) >= 11 is 0. The minimum Gasteiger partial charge on any atom is -0.462 e. The number of carbonyl (C=O) groups is 5. The summed E-state index contributed by atoms with van der Waals surface area (Å²) in [5, 5.41) is 0. The number of nitrogens with zero attached hydrogens (tertiary/aromatic N) is 1. The minimum absolute atomic E-state index is 0.105. The van der Waals surface area contributed by atoms with Crippen LogP contribution in [0, 0.1) is 17.7 Å². The molecule has 2 amide bonds. The Balaban J connectivity index is 1.47. The van der Waals surface area contributed by atoms with E-state index in [1.165, 1.54) is 54.6 Å². The Morgan fingerprint density at radius 1 is 0.921 bits per heavy atom. The van der Waals surface area contributed by atoms with Crippen LogP contribution in [-0.2, 0) is 19.1 Å². The fraction of sp³-hybridized carbons (Fsp3) is 0.207. The summed E-state index contributed by atoms with van der Waals surface area (Å²) < 4.78 is 25.3. The van der Waals surface area contributed by atoms with Crippen molar-refractivity contribution in [2.45, 2.75) is 18.6 Å². The molecule has 0 aromatic heterocycles. The number of hydrogen-bond acceptors (Lipinski definition) is 7. The largest absolute Gasteiger partial charge is 0.462 e. The van der Waals surface area contributed by atoms with Crippen molar-refractivity contribution in [3.05, 3.63) is 101 Å². The van der Waals surface area contributed by atoms with Crippen LogP contribution in [0.3, 0.4) is 0 Å². The quantitative estimate of drug-likeness (QED) is 0.298. The van der Waals surface area contributed by atoms with Crippen molar-refractivity contribution in [1.82, 2.24) is 0 Å². The zero-order chi connectivity index (χ0) is 26.8. The van der Waals surface area contributed by atoms with E-state index < -0.39 is 58.7 Å². The number of ether oxygens (including phenoxy) is 2. The Morgan fingerprint density at radius 2 is 1.58 bits per heavy atom. The maximum atomic E-state index is 14.2. The highest BCUT2D eigenvalue weighted by molar-refractivity contribution is 6.37. The molecule has 2 heterocycles. The summed E-state index contributed by atoms with van der Waals surface area (Å²) in [7, 11) is 0. The molecule has 38 heavy (non-hydrogen) atoms. The number of ketones is 2. The molecule has 190 valence electrons. The SMILES string of the molecule is CCOC(=O)c1ccc(N2C(=O)[C@@H]3[C@@H](c4cccc(F)c4)OC4(C(=O)c5ccccc5C4=O)[C@H]3C2=O)cc1. The fourth-order valence-electron chi connectivity index (χ4n) is 5.72. The van der Waals surface area contributed by atoms with E-state index in [0.717, 1.165) is 11.0 Å². The van der Waals surface area contributed by atoms with Crippen LogP contribution in [0.15, 0.2) is 72.8 Å². The summed E-state index contributed by atoms with van der Waals surface area (Å²) in [6.45, 7) is 1.85. The Labute approximate surface area is 216 Å². The highest BCUT2D eigenvalue weighted by Crippen LogP contribution is 2.57. The van der Waals surface area contributed by atoms with Gasteiger partial charge in [0.15, 0.2) is 0 Å². The normalized spacial score (nSPS) is 23.2. The van der Waals surface area contributed by atoms with Gasteiger partial charge in [-0.25, -0.2) is 14.1 Å². The van der Waals surface area contributed by atoms with E-state index in [9.17, 15) is 28.4 Å². The monoisotopic (exact) mass is 513 g/mol. The zero-order valence-electron chi connectivity index (χ0n) is 20.1. The molecule has 2 aliphatic heterocycles. The van der Waals surface area contributed by atoms with E-state index in [1.807, 2.05) is 0 Å². The van der Waals surface area contributed by atoms with E-state index >= 15 is 0 Å². The van der Waals surface area contributed by atoms with Crippen LogP contribution in [0.2, 0.25) is 0 Å². The Kier molecular flexibility index (Phi) is 5.36. The first-order chi connectivity index (χ1) is 18.3. The molecule has 0 radical (unpaired) electrons. The number of benzene rings is 3. The smallest absolute Gasteiger partial charge is 0.338 e. The lowest BCUT2D eigenvalue weighted by Gasteiger charge is -2.27. The van der Waals surface area contributed by atoms with Crippen molar-refractivity contribution in [3.63, 3.8) is 0 Å². The summed E-state index contributed by atoms with van der Waals surface area (Å²) in [4.78, 5) is 68.2. The van der Waals surface area contributed by atoms with Crippen LogP contribution in [0.4, 0.5) is 10.1 Å². The van der Waals surface area contributed by atoms with Crippen molar-refractivity contribution >= 4 is 35.0 Å². The molecular weight excluding hydrogens is 493 g/mol. The highest BCUT2D eigenvalue weighted by atomic mass is 19.1. The van der Waals surface area contributed by atoms with Gasteiger partial charge in [0, 0.05) is 11.1 Å². The maximum absolute atomic E-state index is 14.2. The maximum Gasteiger partial charge on any atom is 0.338 e. The molecule has 3 atom stereocenters. The summed E-state index contributed by atoms with van der Waals surface area (Å²) in [5.74, 6) is -6.74. The number of imide groups is 1. The highest BCUT2D eigenvalue weighted by Gasteiger charge is 2.74. The summed E-state index contributed by atoms with van der Waals surface area (Å²) in [6, 6.07) is 17.1. The van der Waals surface area contributed by atoms with Gasteiger partial charge in [-0.1, -0.05) is 36.4 Å². The molecule has 0 saturated carbocycles. The lowest BCUT2D eigenvalue weighted by Crippen LogP contribution is -2.51.